The molecule has 12 heteroatoms. The van der Waals surface area contributed by atoms with Gasteiger partial charge in [0, 0.05) is 19.3 Å². The SMILES string of the molecule is CC/C=C\C/C=C\C/C=C\C/C=C\C/C=C\CCCCCC(=O)OC(COC(=O)CCCCCCCC/C=C\C/C=C\C/C=C\CCCCC)COP(=O)(O)OCC(CO)OC(=O)CCCCCCCC/C=C\C/C=C\C/C=C\CCCCC. The molecule has 0 spiro atoms. The number of rotatable bonds is 60. The number of phosphoric acid groups is 1. The van der Waals surface area contributed by atoms with Crippen molar-refractivity contribution in [1.29, 1.82) is 0 Å². The fourth-order valence-electron chi connectivity index (χ4n) is 8.51. The average molecular weight is 1190 g/mol. The Morgan fingerprint density at radius 1 is 0.345 bits per heavy atom. The second kappa shape index (κ2) is 64.6. The molecule has 0 aliphatic rings. The summed E-state index contributed by atoms with van der Waals surface area (Å²) in [6.45, 7) is 4.42. The van der Waals surface area contributed by atoms with E-state index in [4.69, 9.17) is 23.3 Å². The van der Waals surface area contributed by atoms with Crippen molar-refractivity contribution in [3.05, 3.63) is 134 Å². The zero-order valence-electron chi connectivity index (χ0n) is 53.1. The van der Waals surface area contributed by atoms with Crippen LogP contribution in [0.5, 0.6) is 0 Å². The van der Waals surface area contributed by atoms with Gasteiger partial charge in [-0.15, -0.1) is 0 Å². The maximum atomic E-state index is 13.0. The number of aliphatic hydroxyl groups is 1. The molecule has 0 aliphatic heterocycles. The van der Waals surface area contributed by atoms with Crippen molar-refractivity contribution in [2.45, 2.75) is 277 Å². The van der Waals surface area contributed by atoms with Crippen molar-refractivity contribution in [2.24, 2.45) is 0 Å². The van der Waals surface area contributed by atoms with Crippen LogP contribution in [-0.2, 0) is 42.2 Å². The van der Waals surface area contributed by atoms with E-state index in [0.29, 0.717) is 19.3 Å². The molecule has 478 valence electrons. The molecule has 0 radical (unpaired) electrons. The highest BCUT2D eigenvalue weighted by molar-refractivity contribution is 7.47. The predicted molar refractivity (Wildman–Crippen MR) is 353 cm³/mol. The first-order valence-corrected chi connectivity index (χ1v) is 34.6. The minimum atomic E-state index is -4.78. The topological polar surface area (TPSA) is 155 Å². The molecule has 0 bridgehead atoms. The molecule has 0 amide bonds. The number of phosphoric ester groups is 1. The number of esters is 3. The Bertz CT molecular complexity index is 1920. The number of ether oxygens (including phenoxy) is 3. The molecule has 0 aromatic rings. The number of allylic oxidation sites excluding steroid dienone is 22. The highest BCUT2D eigenvalue weighted by Crippen LogP contribution is 2.43. The summed E-state index contributed by atoms with van der Waals surface area (Å²) in [5.41, 5.74) is 0. The van der Waals surface area contributed by atoms with Crippen LogP contribution in [0.1, 0.15) is 265 Å². The molecule has 84 heavy (non-hydrogen) atoms. The van der Waals surface area contributed by atoms with Crippen molar-refractivity contribution in [3.8, 4) is 0 Å². The Morgan fingerprint density at radius 2 is 0.619 bits per heavy atom. The van der Waals surface area contributed by atoms with Gasteiger partial charge in [-0.1, -0.05) is 238 Å². The number of aliphatic hydroxyl groups excluding tert-OH is 1. The van der Waals surface area contributed by atoms with Gasteiger partial charge in [0.05, 0.1) is 19.8 Å². The van der Waals surface area contributed by atoms with Crippen molar-refractivity contribution in [1.82, 2.24) is 0 Å². The van der Waals surface area contributed by atoms with Crippen molar-refractivity contribution >= 4 is 25.7 Å². The first kappa shape index (κ1) is 79.6. The summed E-state index contributed by atoms with van der Waals surface area (Å²) in [5, 5.41) is 9.87. The van der Waals surface area contributed by atoms with E-state index in [-0.39, 0.29) is 25.9 Å². The third-order valence-corrected chi connectivity index (χ3v) is 14.5. The Morgan fingerprint density at radius 3 is 0.964 bits per heavy atom. The van der Waals surface area contributed by atoms with E-state index >= 15 is 0 Å². The molecule has 0 saturated heterocycles. The molecule has 2 N–H and O–H groups in total. The number of carbonyl (C=O) groups is 3. The van der Waals surface area contributed by atoms with Gasteiger partial charge in [-0.2, -0.15) is 0 Å². The third kappa shape index (κ3) is 62.2. The van der Waals surface area contributed by atoms with Crippen LogP contribution in [0.4, 0.5) is 0 Å². The second-order valence-electron chi connectivity index (χ2n) is 21.5. The van der Waals surface area contributed by atoms with Gasteiger partial charge in [0.2, 0.25) is 0 Å². The lowest BCUT2D eigenvalue weighted by Gasteiger charge is -2.21. The van der Waals surface area contributed by atoms with Crippen molar-refractivity contribution in [2.75, 3.05) is 26.4 Å². The van der Waals surface area contributed by atoms with E-state index in [9.17, 15) is 28.9 Å². The summed E-state index contributed by atoms with van der Waals surface area (Å²) in [6, 6.07) is 0. The molecular formula is C72H119O11P. The number of unbranched alkanes of at least 4 members (excludes halogenated alkanes) is 21. The summed E-state index contributed by atoms with van der Waals surface area (Å²) in [4.78, 5) is 48.8. The summed E-state index contributed by atoms with van der Waals surface area (Å²) in [5.74, 6) is -1.54. The van der Waals surface area contributed by atoms with E-state index in [1.54, 1.807) is 0 Å². The minimum Gasteiger partial charge on any atom is -0.462 e. The zero-order chi connectivity index (χ0) is 61.2. The molecule has 0 aromatic carbocycles. The Labute approximate surface area is 512 Å². The number of hydrogen-bond donors (Lipinski definition) is 2. The molecule has 3 atom stereocenters. The van der Waals surface area contributed by atoms with Gasteiger partial charge in [-0.05, 0) is 141 Å². The van der Waals surface area contributed by atoms with E-state index in [1.165, 1.54) is 51.4 Å². The molecule has 0 aliphatic carbocycles. The maximum absolute atomic E-state index is 13.0. The van der Waals surface area contributed by atoms with Crippen LogP contribution in [0.2, 0.25) is 0 Å². The first-order chi connectivity index (χ1) is 41.2. The molecule has 11 nitrogen and oxygen atoms in total. The van der Waals surface area contributed by atoms with Crippen molar-refractivity contribution < 1.29 is 52.2 Å². The maximum Gasteiger partial charge on any atom is 0.472 e. The summed E-state index contributed by atoms with van der Waals surface area (Å²) < 4.78 is 39.7. The monoisotopic (exact) mass is 1190 g/mol. The second-order valence-corrected chi connectivity index (χ2v) is 23.0. The van der Waals surface area contributed by atoms with Gasteiger partial charge in [-0.25, -0.2) is 4.57 Å². The van der Waals surface area contributed by atoms with E-state index in [2.05, 4.69) is 154 Å². The number of hydrogen-bond acceptors (Lipinski definition) is 10. The smallest absolute Gasteiger partial charge is 0.462 e. The standard InChI is InChI=1S/C72H119O11P/c1-4-7-10-13-16-19-22-25-28-31-34-37-40-43-46-49-52-55-58-61-70(74)79-65-69(83-72(76)63-60-57-54-51-48-45-42-39-36-33-30-27-24-21-18-15-12-9-6-3)67-81-84(77,78)80-66-68(64-73)82-71(75)62-59-56-53-50-47-44-41-38-35-32-29-26-23-20-17-14-11-8-5-2/h9,12,16-21,25-30,34-39,45,48,68-69,73H,4-8,10-11,13-15,22-24,31-33,40-44,46-47,49-67H2,1-3H3,(H,77,78)/b12-9-,19-16-,20-17-,21-18-,28-25-,29-26-,30-27-,37-34-,38-35-,39-36-,48-45-. The molecule has 0 aromatic heterocycles. The highest BCUT2D eigenvalue weighted by atomic mass is 31.2. The summed E-state index contributed by atoms with van der Waals surface area (Å²) >= 11 is 0. The lowest BCUT2D eigenvalue weighted by Crippen LogP contribution is -2.30. The van der Waals surface area contributed by atoms with Crippen LogP contribution in [0.15, 0.2) is 134 Å². The minimum absolute atomic E-state index is 0.117. The Hall–Kier alpha value is -4.38. The largest absolute Gasteiger partial charge is 0.472 e. The van der Waals surface area contributed by atoms with E-state index in [1.807, 2.05) is 0 Å². The van der Waals surface area contributed by atoms with Gasteiger partial charge in [0.15, 0.2) is 6.10 Å². The zero-order valence-corrected chi connectivity index (χ0v) is 54.0. The van der Waals surface area contributed by atoms with Crippen LogP contribution in [0.3, 0.4) is 0 Å². The molecule has 3 unspecified atom stereocenters. The quantitative estimate of drug-likeness (QED) is 0.0197. The predicted octanol–water partition coefficient (Wildman–Crippen LogP) is 20.5. The average Bonchev–Trinajstić information content (AvgIpc) is 3.53. The molecule has 0 rings (SSSR count). The molecule has 0 heterocycles. The van der Waals surface area contributed by atoms with Crippen LogP contribution >= 0.6 is 7.82 Å². The van der Waals surface area contributed by atoms with Crippen LogP contribution < -0.4 is 0 Å². The Kier molecular flexibility index (Phi) is 61.2. The van der Waals surface area contributed by atoms with E-state index in [0.717, 1.165) is 154 Å². The van der Waals surface area contributed by atoms with Crippen LogP contribution in [-0.4, -0.2) is 66.5 Å². The lowest BCUT2D eigenvalue weighted by molar-refractivity contribution is -0.161. The Balaban J connectivity index is 4.80. The van der Waals surface area contributed by atoms with Crippen LogP contribution in [0, 0.1) is 0 Å². The fourth-order valence-corrected chi connectivity index (χ4v) is 9.30. The van der Waals surface area contributed by atoms with Gasteiger partial charge >= 0.3 is 25.7 Å². The normalized spacial score (nSPS) is 14.1. The number of carbonyl (C=O) groups excluding carboxylic acids is 3. The highest BCUT2D eigenvalue weighted by Gasteiger charge is 2.28. The molecule has 0 fully saturated rings. The van der Waals surface area contributed by atoms with E-state index < -0.39 is 57.8 Å². The van der Waals surface area contributed by atoms with Gasteiger partial charge in [0.25, 0.3) is 0 Å². The van der Waals surface area contributed by atoms with Crippen LogP contribution in [0.25, 0.3) is 0 Å². The molecular weight excluding hydrogens is 1070 g/mol. The first-order valence-electron chi connectivity index (χ1n) is 33.1. The summed E-state index contributed by atoms with van der Waals surface area (Å²) in [6.07, 6.45) is 82.5. The summed E-state index contributed by atoms with van der Waals surface area (Å²) in [7, 11) is -4.78. The van der Waals surface area contributed by atoms with Gasteiger partial charge < -0.3 is 24.2 Å². The fraction of sp³-hybridized carbons (Fsp3) is 0.653. The molecule has 0 saturated carbocycles. The van der Waals surface area contributed by atoms with Crippen molar-refractivity contribution in [3.63, 3.8) is 0 Å². The van der Waals surface area contributed by atoms with Gasteiger partial charge in [0.1, 0.15) is 12.7 Å². The van der Waals surface area contributed by atoms with Gasteiger partial charge in [-0.3, -0.25) is 23.4 Å². The third-order valence-electron chi connectivity index (χ3n) is 13.5. The lowest BCUT2D eigenvalue weighted by atomic mass is 10.1.